The van der Waals surface area contributed by atoms with Crippen molar-refractivity contribution in [3.63, 3.8) is 0 Å². The van der Waals surface area contributed by atoms with E-state index in [1.807, 2.05) is 12.1 Å². The molecule has 1 aliphatic rings. The lowest BCUT2D eigenvalue weighted by Gasteiger charge is -2.26. The maximum absolute atomic E-state index is 6.38. The van der Waals surface area contributed by atoms with Crippen molar-refractivity contribution in [2.24, 2.45) is 0 Å². The summed E-state index contributed by atoms with van der Waals surface area (Å²) in [5.41, 5.74) is 2.46. The molecule has 1 heterocycles. The quantitative estimate of drug-likeness (QED) is 0.636. The van der Waals surface area contributed by atoms with Crippen LogP contribution in [0.2, 0.25) is 19.6 Å². The first kappa shape index (κ1) is 18.7. The molecule has 1 aliphatic heterocycles. The topological polar surface area (TPSA) is 27.7 Å². The van der Waals surface area contributed by atoms with Gasteiger partial charge in [-0.2, -0.15) is 0 Å². The normalized spacial score (nSPS) is 20.8. The first-order valence-corrected chi connectivity index (χ1v) is 12.6. The second-order valence-corrected chi connectivity index (χ2v) is 12.1. The highest BCUT2D eigenvalue weighted by Gasteiger charge is 2.29. The van der Waals surface area contributed by atoms with Crippen molar-refractivity contribution < 1.29 is 13.9 Å². The van der Waals surface area contributed by atoms with Crippen LogP contribution in [0, 0.1) is 0 Å². The third kappa shape index (κ3) is 4.77. The Morgan fingerprint density at radius 1 is 0.923 bits per heavy atom. The third-order valence-corrected chi connectivity index (χ3v) is 5.35. The Morgan fingerprint density at radius 3 is 2.23 bits per heavy atom. The van der Waals surface area contributed by atoms with E-state index in [1.165, 1.54) is 11.1 Å². The molecule has 138 valence electrons. The number of hydrogen-bond donors (Lipinski definition) is 0. The molecule has 2 aromatic rings. The molecule has 3 nitrogen and oxygen atoms in total. The molecule has 2 aromatic carbocycles. The highest BCUT2D eigenvalue weighted by molar-refractivity contribution is 6.70. The van der Waals surface area contributed by atoms with E-state index < -0.39 is 8.32 Å². The van der Waals surface area contributed by atoms with Gasteiger partial charge in [-0.15, -0.1) is 0 Å². The Balaban J connectivity index is 1.90. The highest BCUT2D eigenvalue weighted by Crippen LogP contribution is 2.40. The van der Waals surface area contributed by atoms with Gasteiger partial charge in [0.25, 0.3) is 0 Å². The largest absolute Gasteiger partial charge is 0.546 e. The van der Waals surface area contributed by atoms with Gasteiger partial charge in [0, 0.05) is 5.92 Å². The van der Waals surface area contributed by atoms with E-state index in [0.717, 1.165) is 17.9 Å². The molecule has 3 rings (SSSR count). The van der Waals surface area contributed by atoms with Crippen molar-refractivity contribution in [1.29, 1.82) is 0 Å². The molecule has 0 spiro atoms. The van der Waals surface area contributed by atoms with Crippen molar-refractivity contribution in [3.05, 3.63) is 77.6 Å². The molecule has 4 heteroatoms. The summed E-state index contributed by atoms with van der Waals surface area (Å²) in [5, 5.41) is 0. The molecular weight excluding hydrogens is 340 g/mol. The minimum absolute atomic E-state index is 0.0118. The van der Waals surface area contributed by atoms with Crippen LogP contribution in [0.1, 0.15) is 29.6 Å². The van der Waals surface area contributed by atoms with Gasteiger partial charge in [-0.3, -0.25) is 0 Å². The molecule has 0 unspecified atom stereocenters. The lowest BCUT2D eigenvalue weighted by atomic mass is 9.86. The standard InChI is InChI=1S/C22H28O3Si/c1-23-19-12-10-18(11-13-19)22-21(17-8-6-5-7-9-17)15-14-20(16-24-22)25-26(2,3)4/h5-14,21-22H,15-16H2,1-4H3/t21-,22-/m1/s1. The van der Waals surface area contributed by atoms with Gasteiger partial charge in [-0.25, -0.2) is 0 Å². The summed E-state index contributed by atoms with van der Waals surface area (Å²) in [7, 11) is 0.0415. The lowest BCUT2D eigenvalue weighted by Crippen LogP contribution is -2.26. The monoisotopic (exact) mass is 368 g/mol. The average molecular weight is 369 g/mol. The Kier molecular flexibility index (Phi) is 5.84. The van der Waals surface area contributed by atoms with Crippen LogP contribution in [-0.4, -0.2) is 22.0 Å². The van der Waals surface area contributed by atoms with Gasteiger partial charge in [-0.05, 0) is 55.4 Å². The van der Waals surface area contributed by atoms with E-state index in [2.05, 4.69) is 68.2 Å². The maximum Gasteiger partial charge on any atom is 0.241 e. The first-order valence-electron chi connectivity index (χ1n) is 9.15. The Bertz CT molecular complexity index is 732. The van der Waals surface area contributed by atoms with E-state index in [0.29, 0.717) is 6.61 Å². The van der Waals surface area contributed by atoms with Crippen molar-refractivity contribution in [2.75, 3.05) is 13.7 Å². The van der Waals surface area contributed by atoms with Gasteiger partial charge in [0.15, 0.2) is 0 Å². The van der Waals surface area contributed by atoms with Crippen LogP contribution in [0.3, 0.4) is 0 Å². The Labute approximate surface area is 157 Å². The lowest BCUT2D eigenvalue weighted by molar-refractivity contribution is 0.0418. The first-order chi connectivity index (χ1) is 12.5. The van der Waals surface area contributed by atoms with Crippen LogP contribution in [0.5, 0.6) is 5.75 Å². The van der Waals surface area contributed by atoms with Gasteiger partial charge in [0.05, 0.1) is 13.2 Å². The summed E-state index contributed by atoms with van der Waals surface area (Å²) in [6.07, 6.45) is 3.11. The number of hydrogen-bond acceptors (Lipinski definition) is 3. The molecule has 0 fully saturated rings. The zero-order chi connectivity index (χ0) is 18.6. The summed E-state index contributed by atoms with van der Waals surface area (Å²) < 4.78 is 17.9. The predicted molar refractivity (Wildman–Crippen MR) is 108 cm³/mol. The predicted octanol–water partition coefficient (Wildman–Crippen LogP) is 5.68. The van der Waals surface area contributed by atoms with Crippen molar-refractivity contribution >= 4 is 8.32 Å². The number of ether oxygens (including phenoxy) is 2. The van der Waals surface area contributed by atoms with Crippen LogP contribution in [0.25, 0.3) is 0 Å². The van der Waals surface area contributed by atoms with E-state index in [1.54, 1.807) is 7.11 Å². The molecule has 0 aromatic heterocycles. The molecule has 0 saturated heterocycles. The number of benzene rings is 2. The second kappa shape index (κ2) is 8.10. The highest BCUT2D eigenvalue weighted by atomic mass is 28.4. The molecule has 0 bridgehead atoms. The zero-order valence-electron chi connectivity index (χ0n) is 16.1. The SMILES string of the molecule is COc1ccc([C@H]2OCC(O[Si](C)(C)C)=CC[C@@H]2c2ccccc2)cc1. The molecule has 0 radical (unpaired) electrons. The fraction of sp³-hybridized carbons (Fsp3) is 0.364. The van der Waals surface area contributed by atoms with Crippen LogP contribution in [0.4, 0.5) is 0 Å². The van der Waals surface area contributed by atoms with E-state index in [-0.39, 0.29) is 12.0 Å². The van der Waals surface area contributed by atoms with Gasteiger partial charge in [0.2, 0.25) is 8.32 Å². The molecule has 0 aliphatic carbocycles. The summed E-state index contributed by atoms with van der Waals surface area (Å²) in [4.78, 5) is 0. The fourth-order valence-electron chi connectivity index (χ4n) is 3.33. The Morgan fingerprint density at radius 2 is 1.62 bits per heavy atom. The van der Waals surface area contributed by atoms with Crippen LogP contribution in [-0.2, 0) is 9.16 Å². The number of methoxy groups -OCH3 is 1. The Hall–Kier alpha value is -2.04. The fourth-order valence-corrected chi connectivity index (χ4v) is 4.26. The summed E-state index contributed by atoms with van der Waals surface area (Å²) in [6, 6.07) is 18.8. The van der Waals surface area contributed by atoms with E-state index >= 15 is 0 Å². The van der Waals surface area contributed by atoms with Crippen molar-refractivity contribution in [1.82, 2.24) is 0 Å². The zero-order valence-corrected chi connectivity index (χ0v) is 17.1. The van der Waals surface area contributed by atoms with E-state index in [9.17, 15) is 0 Å². The summed E-state index contributed by atoms with van der Waals surface area (Å²) in [5.74, 6) is 2.09. The van der Waals surface area contributed by atoms with E-state index in [4.69, 9.17) is 13.9 Å². The van der Waals surface area contributed by atoms with Crippen molar-refractivity contribution in [2.45, 2.75) is 38.1 Å². The van der Waals surface area contributed by atoms with Gasteiger partial charge < -0.3 is 13.9 Å². The minimum Gasteiger partial charge on any atom is -0.546 e. The second-order valence-electron chi connectivity index (χ2n) is 7.64. The van der Waals surface area contributed by atoms with Crippen LogP contribution < -0.4 is 4.74 Å². The molecule has 2 atom stereocenters. The molecule has 0 amide bonds. The van der Waals surface area contributed by atoms with Crippen LogP contribution >= 0.6 is 0 Å². The minimum atomic E-state index is -1.65. The number of rotatable bonds is 5. The van der Waals surface area contributed by atoms with Gasteiger partial charge >= 0.3 is 0 Å². The number of allylic oxidation sites excluding steroid dienone is 1. The maximum atomic E-state index is 6.38. The van der Waals surface area contributed by atoms with Crippen molar-refractivity contribution in [3.8, 4) is 5.75 Å². The molecular formula is C22H28O3Si. The summed E-state index contributed by atoms with van der Waals surface area (Å²) >= 11 is 0. The molecule has 0 saturated carbocycles. The van der Waals surface area contributed by atoms with Gasteiger partial charge in [-0.1, -0.05) is 42.5 Å². The van der Waals surface area contributed by atoms with Crippen LogP contribution in [0.15, 0.2) is 66.4 Å². The molecule has 0 N–H and O–H groups in total. The summed E-state index contributed by atoms with van der Waals surface area (Å²) in [6.45, 7) is 7.13. The third-order valence-electron chi connectivity index (χ3n) is 4.48. The van der Waals surface area contributed by atoms with Gasteiger partial charge in [0.1, 0.15) is 18.1 Å². The molecule has 26 heavy (non-hydrogen) atoms. The smallest absolute Gasteiger partial charge is 0.241 e. The average Bonchev–Trinajstić information content (AvgIpc) is 2.84.